The van der Waals surface area contributed by atoms with Gasteiger partial charge in [-0.25, -0.2) is 9.87 Å². The zero-order valence-corrected chi connectivity index (χ0v) is 6.90. The van der Waals surface area contributed by atoms with Crippen LogP contribution in [0.4, 0.5) is 17.6 Å². The third kappa shape index (κ3) is 2.43. The zero-order chi connectivity index (χ0) is 10.8. The van der Waals surface area contributed by atoms with E-state index in [1.54, 1.807) is 5.48 Å². The Morgan fingerprint density at radius 2 is 1.93 bits per heavy atom. The Morgan fingerprint density at radius 1 is 1.29 bits per heavy atom. The molecule has 0 unspecified atom stereocenters. The highest BCUT2D eigenvalue weighted by atomic mass is 19.4. The van der Waals surface area contributed by atoms with Gasteiger partial charge in [-0.3, -0.25) is 0 Å². The van der Waals surface area contributed by atoms with Gasteiger partial charge in [0, 0.05) is 12.1 Å². The molecule has 0 bridgehead atoms. The predicted molar refractivity (Wildman–Crippen MR) is 40.0 cm³/mol. The van der Waals surface area contributed by atoms with Crippen molar-refractivity contribution in [3.8, 4) is 0 Å². The van der Waals surface area contributed by atoms with Crippen molar-refractivity contribution in [2.75, 3.05) is 0 Å². The molecule has 0 amide bonds. The fourth-order valence-electron chi connectivity index (χ4n) is 0.972. The lowest BCUT2D eigenvalue weighted by molar-refractivity contribution is -0.137. The maximum absolute atomic E-state index is 12.8. The van der Waals surface area contributed by atoms with E-state index in [0.717, 1.165) is 6.07 Å². The van der Waals surface area contributed by atoms with Crippen LogP contribution in [-0.4, -0.2) is 5.21 Å². The van der Waals surface area contributed by atoms with Crippen molar-refractivity contribution in [2.24, 2.45) is 0 Å². The predicted octanol–water partition coefficient (Wildman–Crippen LogP) is 2.32. The summed E-state index contributed by atoms with van der Waals surface area (Å²) in [5.74, 6) is -0.792. The van der Waals surface area contributed by atoms with E-state index in [4.69, 9.17) is 5.21 Å². The second-order valence-electron chi connectivity index (χ2n) is 2.64. The van der Waals surface area contributed by atoms with Crippen LogP contribution in [0.25, 0.3) is 0 Å². The zero-order valence-electron chi connectivity index (χ0n) is 6.90. The molecule has 6 heteroatoms. The molecule has 0 aliphatic rings. The van der Waals surface area contributed by atoms with Gasteiger partial charge in [0.2, 0.25) is 0 Å². The molecule has 1 aromatic carbocycles. The van der Waals surface area contributed by atoms with Crippen molar-refractivity contribution in [3.05, 3.63) is 35.1 Å². The first-order valence-electron chi connectivity index (χ1n) is 3.67. The molecule has 0 heterocycles. The van der Waals surface area contributed by atoms with Gasteiger partial charge < -0.3 is 5.21 Å². The van der Waals surface area contributed by atoms with Gasteiger partial charge >= 0.3 is 6.18 Å². The monoisotopic (exact) mass is 209 g/mol. The number of alkyl halides is 3. The van der Waals surface area contributed by atoms with E-state index >= 15 is 0 Å². The van der Waals surface area contributed by atoms with E-state index < -0.39 is 17.6 Å². The standard InChI is InChI=1S/C8H7F4NO/c9-7-2-1-6(8(10,11)12)3-5(7)4-13-14/h1-3,13-14H,4H2. The summed E-state index contributed by atoms with van der Waals surface area (Å²) < 4.78 is 49.2. The number of hydroxylamine groups is 1. The van der Waals surface area contributed by atoms with E-state index in [1.165, 1.54) is 0 Å². The molecule has 78 valence electrons. The van der Waals surface area contributed by atoms with Crippen molar-refractivity contribution in [2.45, 2.75) is 12.7 Å². The van der Waals surface area contributed by atoms with E-state index in [0.29, 0.717) is 12.1 Å². The molecule has 0 aliphatic carbocycles. The Labute approximate surface area is 77.1 Å². The Balaban J connectivity index is 3.06. The van der Waals surface area contributed by atoms with Crippen LogP contribution in [0.1, 0.15) is 11.1 Å². The van der Waals surface area contributed by atoms with Crippen molar-refractivity contribution in [1.29, 1.82) is 0 Å². The SMILES string of the molecule is ONCc1cc(C(F)(F)F)ccc1F. The first-order valence-corrected chi connectivity index (χ1v) is 3.67. The summed E-state index contributed by atoms with van der Waals surface area (Å²) in [6.07, 6.45) is -4.50. The number of rotatable bonds is 2. The number of halogens is 4. The minimum Gasteiger partial charge on any atom is -0.316 e. The Kier molecular flexibility index (Phi) is 3.07. The van der Waals surface area contributed by atoms with E-state index in [2.05, 4.69) is 0 Å². The maximum Gasteiger partial charge on any atom is 0.416 e. The van der Waals surface area contributed by atoms with Gasteiger partial charge in [-0.1, -0.05) is 0 Å². The lowest BCUT2D eigenvalue weighted by atomic mass is 10.1. The summed E-state index contributed by atoms with van der Waals surface area (Å²) in [5, 5.41) is 8.24. The number of benzene rings is 1. The maximum atomic E-state index is 12.8. The van der Waals surface area contributed by atoms with Crippen LogP contribution in [0.3, 0.4) is 0 Å². The fraction of sp³-hybridized carbons (Fsp3) is 0.250. The van der Waals surface area contributed by atoms with Crippen molar-refractivity contribution >= 4 is 0 Å². The van der Waals surface area contributed by atoms with Crippen LogP contribution in [0.2, 0.25) is 0 Å². The second kappa shape index (κ2) is 3.93. The van der Waals surface area contributed by atoms with Gasteiger partial charge in [-0.15, -0.1) is 0 Å². The molecule has 0 saturated heterocycles. The Bertz CT molecular complexity index is 324. The largest absolute Gasteiger partial charge is 0.416 e. The highest BCUT2D eigenvalue weighted by Gasteiger charge is 2.30. The quantitative estimate of drug-likeness (QED) is 0.578. The highest BCUT2D eigenvalue weighted by Crippen LogP contribution is 2.30. The smallest absolute Gasteiger partial charge is 0.316 e. The third-order valence-electron chi connectivity index (χ3n) is 1.64. The van der Waals surface area contributed by atoms with Gasteiger partial charge in [-0.05, 0) is 18.2 Å². The van der Waals surface area contributed by atoms with Crippen LogP contribution in [-0.2, 0) is 12.7 Å². The summed E-state index contributed by atoms with van der Waals surface area (Å²) >= 11 is 0. The topological polar surface area (TPSA) is 32.3 Å². The lowest BCUT2D eigenvalue weighted by Gasteiger charge is -2.08. The summed E-state index contributed by atoms with van der Waals surface area (Å²) in [7, 11) is 0. The van der Waals surface area contributed by atoms with E-state index in [1.807, 2.05) is 0 Å². The third-order valence-corrected chi connectivity index (χ3v) is 1.64. The van der Waals surface area contributed by atoms with Gasteiger partial charge in [0.05, 0.1) is 5.56 Å². The molecular weight excluding hydrogens is 202 g/mol. The average Bonchev–Trinajstić information content (AvgIpc) is 2.07. The van der Waals surface area contributed by atoms with Crippen molar-refractivity contribution in [1.82, 2.24) is 5.48 Å². The van der Waals surface area contributed by atoms with Crippen molar-refractivity contribution in [3.63, 3.8) is 0 Å². The van der Waals surface area contributed by atoms with Crippen molar-refractivity contribution < 1.29 is 22.8 Å². The van der Waals surface area contributed by atoms with Crippen LogP contribution >= 0.6 is 0 Å². The number of nitrogens with one attached hydrogen (secondary N) is 1. The Hall–Kier alpha value is -1.14. The first kappa shape index (κ1) is 10.9. The Morgan fingerprint density at radius 3 is 2.43 bits per heavy atom. The fourth-order valence-corrected chi connectivity index (χ4v) is 0.972. The molecule has 0 saturated carbocycles. The molecule has 2 N–H and O–H groups in total. The molecule has 0 fully saturated rings. The van der Waals surface area contributed by atoms with Gasteiger partial charge in [0.25, 0.3) is 0 Å². The lowest BCUT2D eigenvalue weighted by Crippen LogP contribution is -2.11. The first-order chi connectivity index (χ1) is 6.45. The molecule has 0 aromatic heterocycles. The van der Waals surface area contributed by atoms with Crippen LogP contribution < -0.4 is 5.48 Å². The van der Waals surface area contributed by atoms with Gasteiger partial charge in [0.1, 0.15) is 5.82 Å². The van der Waals surface area contributed by atoms with Gasteiger partial charge in [-0.2, -0.15) is 13.2 Å². The molecular formula is C8H7F4NO. The second-order valence-corrected chi connectivity index (χ2v) is 2.64. The molecule has 0 atom stereocenters. The van der Waals surface area contributed by atoms with Gasteiger partial charge in [0.15, 0.2) is 0 Å². The minimum absolute atomic E-state index is 0.234. The van der Waals surface area contributed by atoms with Crippen LogP contribution in [0.5, 0.6) is 0 Å². The average molecular weight is 209 g/mol. The summed E-state index contributed by atoms with van der Waals surface area (Å²) in [5.41, 5.74) is 0.422. The minimum atomic E-state index is -4.50. The number of hydrogen-bond donors (Lipinski definition) is 2. The van der Waals surface area contributed by atoms with E-state index in [9.17, 15) is 17.6 Å². The molecule has 14 heavy (non-hydrogen) atoms. The molecule has 2 nitrogen and oxygen atoms in total. The molecule has 0 spiro atoms. The summed E-state index contributed by atoms with van der Waals surface area (Å²) in [6, 6.07) is 2.02. The highest BCUT2D eigenvalue weighted by molar-refractivity contribution is 5.26. The normalized spacial score (nSPS) is 11.8. The van der Waals surface area contributed by atoms with Crippen LogP contribution in [0, 0.1) is 5.82 Å². The summed E-state index contributed by atoms with van der Waals surface area (Å²) in [6.45, 7) is -0.365. The molecule has 0 aliphatic heterocycles. The van der Waals surface area contributed by atoms with E-state index in [-0.39, 0.29) is 12.1 Å². The molecule has 1 rings (SSSR count). The van der Waals surface area contributed by atoms with Crippen LogP contribution in [0.15, 0.2) is 18.2 Å². The molecule has 0 radical (unpaired) electrons. The molecule has 1 aromatic rings. The number of hydrogen-bond acceptors (Lipinski definition) is 2. The summed E-state index contributed by atoms with van der Waals surface area (Å²) in [4.78, 5) is 0.